The largest absolute Gasteiger partial charge is 0.452 e. The van der Waals surface area contributed by atoms with Gasteiger partial charge in [-0.1, -0.05) is 49.1 Å². The second kappa shape index (κ2) is 11.1. The number of amides is 1. The fourth-order valence-electron chi connectivity index (χ4n) is 3.81. The number of carbonyl (C=O) groups is 2. The molecule has 166 valence electrons. The minimum absolute atomic E-state index is 0.122. The number of esters is 1. The number of aromatic nitrogens is 2. The first kappa shape index (κ1) is 23.1. The number of carbonyl (C=O) groups excluding carboxylic acids is 2. The maximum absolute atomic E-state index is 12.4. The van der Waals surface area contributed by atoms with Crippen LogP contribution < -0.4 is 0 Å². The van der Waals surface area contributed by atoms with Crippen LogP contribution in [0, 0.1) is 13.8 Å². The predicted octanol–water partition coefficient (Wildman–Crippen LogP) is 4.55. The number of ether oxygens (including phenoxy) is 1. The van der Waals surface area contributed by atoms with E-state index in [1.165, 1.54) is 12.5 Å². The lowest BCUT2D eigenvalue weighted by Gasteiger charge is -2.24. The van der Waals surface area contributed by atoms with Gasteiger partial charge in [-0.15, -0.1) is 0 Å². The number of likely N-dealkylation sites (tertiary alicyclic amines) is 1. The maximum Gasteiger partial charge on any atom is 0.331 e. The second-order valence-electron chi connectivity index (χ2n) is 7.92. The van der Waals surface area contributed by atoms with Crippen LogP contribution >= 0.6 is 11.6 Å². The first-order chi connectivity index (χ1) is 15.0. The van der Waals surface area contributed by atoms with Gasteiger partial charge in [-0.25, -0.2) is 4.79 Å². The number of hydrogen-bond donors (Lipinski definition) is 0. The molecule has 0 N–H and O–H groups in total. The van der Waals surface area contributed by atoms with Crippen molar-refractivity contribution in [2.24, 2.45) is 0 Å². The SMILES string of the molecule is Cc1nn(Cc2ccccc2Cl)c(C)c1/C=C/C(=O)OCC(=O)N1CCCCCCC1. The summed E-state index contributed by atoms with van der Waals surface area (Å²) in [6, 6.07) is 7.66. The summed E-state index contributed by atoms with van der Waals surface area (Å²) in [6.07, 6.45) is 8.61. The Morgan fingerprint density at radius 3 is 2.48 bits per heavy atom. The van der Waals surface area contributed by atoms with Gasteiger partial charge in [0.2, 0.25) is 0 Å². The molecule has 6 nitrogen and oxygen atoms in total. The molecule has 0 radical (unpaired) electrons. The molecule has 1 fully saturated rings. The molecule has 1 aliphatic rings. The molecule has 3 rings (SSSR count). The number of hydrogen-bond acceptors (Lipinski definition) is 4. The van der Waals surface area contributed by atoms with Crippen LogP contribution in [-0.4, -0.2) is 46.3 Å². The Hall–Kier alpha value is -2.60. The molecular formula is C24H30ClN3O3. The molecule has 0 spiro atoms. The zero-order valence-electron chi connectivity index (χ0n) is 18.3. The lowest BCUT2D eigenvalue weighted by molar-refractivity contribution is -0.148. The fourth-order valence-corrected chi connectivity index (χ4v) is 4.01. The van der Waals surface area contributed by atoms with E-state index in [4.69, 9.17) is 16.3 Å². The van der Waals surface area contributed by atoms with E-state index < -0.39 is 5.97 Å². The molecule has 1 aromatic carbocycles. The molecule has 2 aromatic rings. The monoisotopic (exact) mass is 443 g/mol. The van der Waals surface area contributed by atoms with E-state index >= 15 is 0 Å². The summed E-state index contributed by atoms with van der Waals surface area (Å²) in [5.74, 6) is -0.651. The van der Waals surface area contributed by atoms with Crippen LogP contribution in [0.3, 0.4) is 0 Å². The van der Waals surface area contributed by atoms with Crippen molar-refractivity contribution in [3.63, 3.8) is 0 Å². The smallest absolute Gasteiger partial charge is 0.331 e. The highest BCUT2D eigenvalue weighted by atomic mass is 35.5. The Balaban J connectivity index is 1.57. The van der Waals surface area contributed by atoms with Gasteiger partial charge in [-0.3, -0.25) is 9.48 Å². The van der Waals surface area contributed by atoms with Gasteiger partial charge in [0.1, 0.15) is 0 Å². The lowest BCUT2D eigenvalue weighted by Crippen LogP contribution is -2.36. The van der Waals surface area contributed by atoms with Gasteiger partial charge in [-0.05, 0) is 44.4 Å². The number of aryl methyl sites for hydroxylation is 1. The molecule has 1 aromatic heterocycles. The van der Waals surface area contributed by atoms with Crippen LogP contribution in [0.15, 0.2) is 30.3 Å². The van der Waals surface area contributed by atoms with Crippen molar-refractivity contribution in [2.45, 2.75) is 52.5 Å². The van der Waals surface area contributed by atoms with Crippen molar-refractivity contribution >= 4 is 29.6 Å². The number of rotatable bonds is 6. The summed E-state index contributed by atoms with van der Waals surface area (Å²) in [5, 5.41) is 5.27. The summed E-state index contributed by atoms with van der Waals surface area (Å²) >= 11 is 6.26. The summed E-state index contributed by atoms with van der Waals surface area (Å²) in [7, 11) is 0. The summed E-state index contributed by atoms with van der Waals surface area (Å²) in [5.41, 5.74) is 3.58. The van der Waals surface area contributed by atoms with E-state index in [0.29, 0.717) is 11.6 Å². The molecule has 31 heavy (non-hydrogen) atoms. The number of halogens is 1. The van der Waals surface area contributed by atoms with E-state index in [1.807, 2.05) is 47.7 Å². The molecule has 0 atom stereocenters. The third-order valence-electron chi connectivity index (χ3n) is 5.65. The normalized spacial score (nSPS) is 15.0. The van der Waals surface area contributed by atoms with Gasteiger partial charge in [0.05, 0.1) is 12.2 Å². The molecule has 0 saturated carbocycles. The van der Waals surface area contributed by atoms with Gasteiger partial charge < -0.3 is 9.64 Å². The maximum atomic E-state index is 12.4. The van der Waals surface area contributed by atoms with Gasteiger partial charge in [0.25, 0.3) is 5.91 Å². The first-order valence-corrected chi connectivity index (χ1v) is 11.2. The van der Waals surface area contributed by atoms with Crippen LogP contribution in [0.5, 0.6) is 0 Å². The molecule has 1 amide bonds. The molecule has 0 aliphatic carbocycles. The van der Waals surface area contributed by atoms with Crippen LogP contribution in [0.1, 0.15) is 54.6 Å². The quantitative estimate of drug-likeness (QED) is 0.485. The minimum atomic E-state index is -0.530. The second-order valence-corrected chi connectivity index (χ2v) is 8.33. The Morgan fingerprint density at radius 2 is 1.77 bits per heavy atom. The standard InChI is InChI=1S/C24H30ClN3O3/c1-18-21(19(2)28(26-18)16-20-10-6-7-11-22(20)25)12-13-24(30)31-17-23(29)27-14-8-4-3-5-9-15-27/h6-7,10-13H,3-5,8-9,14-17H2,1-2H3/b13-12+. The summed E-state index contributed by atoms with van der Waals surface area (Å²) in [4.78, 5) is 26.3. The van der Waals surface area contributed by atoms with Crippen LogP contribution in [0.4, 0.5) is 0 Å². The van der Waals surface area contributed by atoms with E-state index in [9.17, 15) is 9.59 Å². The number of nitrogens with zero attached hydrogens (tertiary/aromatic N) is 3. The topological polar surface area (TPSA) is 64.4 Å². The number of benzene rings is 1. The zero-order chi connectivity index (χ0) is 22.2. The molecule has 1 saturated heterocycles. The predicted molar refractivity (Wildman–Crippen MR) is 122 cm³/mol. The van der Waals surface area contributed by atoms with Gasteiger partial charge >= 0.3 is 5.97 Å². The van der Waals surface area contributed by atoms with E-state index in [2.05, 4.69) is 5.10 Å². The fraction of sp³-hybridized carbons (Fsp3) is 0.458. The highest BCUT2D eigenvalue weighted by Gasteiger charge is 2.16. The molecule has 7 heteroatoms. The lowest BCUT2D eigenvalue weighted by atomic mass is 10.1. The Kier molecular flexibility index (Phi) is 8.29. The summed E-state index contributed by atoms with van der Waals surface area (Å²) in [6.45, 7) is 5.67. The highest BCUT2D eigenvalue weighted by molar-refractivity contribution is 6.31. The van der Waals surface area contributed by atoms with E-state index in [0.717, 1.165) is 61.3 Å². The highest BCUT2D eigenvalue weighted by Crippen LogP contribution is 2.20. The van der Waals surface area contributed by atoms with Crippen molar-refractivity contribution in [1.29, 1.82) is 0 Å². The van der Waals surface area contributed by atoms with Gasteiger partial charge in [0, 0.05) is 35.4 Å². The zero-order valence-corrected chi connectivity index (χ0v) is 19.0. The third-order valence-corrected chi connectivity index (χ3v) is 6.02. The van der Waals surface area contributed by atoms with Gasteiger partial charge in [0.15, 0.2) is 6.61 Å². The molecule has 2 heterocycles. The Morgan fingerprint density at radius 1 is 1.10 bits per heavy atom. The third kappa shape index (κ3) is 6.44. The van der Waals surface area contributed by atoms with Crippen LogP contribution in [-0.2, 0) is 20.9 Å². The molecule has 0 unspecified atom stereocenters. The van der Waals surface area contributed by atoms with Crippen molar-refractivity contribution < 1.29 is 14.3 Å². The van der Waals surface area contributed by atoms with E-state index in [1.54, 1.807) is 6.08 Å². The van der Waals surface area contributed by atoms with Crippen molar-refractivity contribution in [3.8, 4) is 0 Å². The minimum Gasteiger partial charge on any atom is -0.452 e. The molecule has 0 bridgehead atoms. The van der Waals surface area contributed by atoms with Crippen molar-refractivity contribution in [1.82, 2.24) is 14.7 Å². The molecule has 1 aliphatic heterocycles. The summed E-state index contributed by atoms with van der Waals surface area (Å²) < 4.78 is 7.06. The average Bonchev–Trinajstić information content (AvgIpc) is 2.98. The van der Waals surface area contributed by atoms with Crippen LogP contribution in [0.25, 0.3) is 6.08 Å². The van der Waals surface area contributed by atoms with Gasteiger partial charge in [-0.2, -0.15) is 5.10 Å². The molecular weight excluding hydrogens is 414 g/mol. The van der Waals surface area contributed by atoms with E-state index in [-0.39, 0.29) is 12.5 Å². The average molecular weight is 444 g/mol. The van der Waals surface area contributed by atoms with Crippen LogP contribution in [0.2, 0.25) is 5.02 Å². The Labute approximate surface area is 188 Å². The van der Waals surface area contributed by atoms with Crippen molar-refractivity contribution in [3.05, 3.63) is 57.9 Å². The Bertz CT molecular complexity index is 944. The van der Waals surface area contributed by atoms with Crippen molar-refractivity contribution in [2.75, 3.05) is 19.7 Å². The first-order valence-electron chi connectivity index (χ1n) is 10.9.